The smallest absolute Gasteiger partial charge is 0.416 e. The van der Waals surface area contributed by atoms with Crippen LogP contribution in [0.3, 0.4) is 0 Å². The third kappa shape index (κ3) is 8.89. The van der Waals surface area contributed by atoms with Crippen molar-refractivity contribution in [1.29, 1.82) is 0 Å². The first-order valence-corrected chi connectivity index (χ1v) is 17.1. The van der Waals surface area contributed by atoms with Crippen molar-refractivity contribution in [3.63, 3.8) is 0 Å². The van der Waals surface area contributed by atoms with Crippen LogP contribution in [-0.2, 0) is 16.0 Å². The van der Waals surface area contributed by atoms with E-state index in [-0.39, 0.29) is 25.2 Å². The molecular weight excluding hydrogens is 675 g/mol. The number of aryl methyl sites for hydroxylation is 1. The Morgan fingerprint density at radius 3 is 2.46 bits per heavy atom. The lowest BCUT2D eigenvalue weighted by molar-refractivity contribution is -0.134. The molecule has 5 rings (SSSR count). The normalized spacial score (nSPS) is 15.5. The van der Waals surface area contributed by atoms with E-state index in [4.69, 9.17) is 9.47 Å². The molecule has 0 aliphatic carbocycles. The molecule has 1 aliphatic heterocycles. The number of carbonyl (C=O) groups is 3. The van der Waals surface area contributed by atoms with Gasteiger partial charge >= 0.3 is 6.09 Å². The molecule has 250 valence electrons. The number of nitrogens with one attached hydrogen (secondary N) is 1. The third-order valence-electron chi connectivity index (χ3n) is 8.52. The summed E-state index contributed by atoms with van der Waals surface area (Å²) in [6.07, 6.45) is 1.60. The first-order chi connectivity index (χ1) is 23.2. The summed E-state index contributed by atoms with van der Waals surface area (Å²) in [7, 11) is 0. The van der Waals surface area contributed by atoms with Crippen LogP contribution in [0.5, 0.6) is 5.75 Å². The molecule has 1 saturated heterocycles. The van der Waals surface area contributed by atoms with E-state index in [9.17, 15) is 18.8 Å². The molecule has 4 aromatic carbocycles. The average molecular weight is 716 g/mol. The lowest BCUT2D eigenvalue weighted by Crippen LogP contribution is -2.46. The van der Waals surface area contributed by atoms with Gasteiger partial charge in [-0.15, -0.1) is 0 Å². The number of rotatable bonds is 15. The van der Waals surface area contributed by atoms with Gasteiger partial charge in [-0.3, -0.25) is 9.59 Å². The highest BCUT2D eigenvalue weighted by atomic mass is 79.9. The molecule has 9 heteroatoms. The number of hydrogen-bond donors (Lipinski definition) is 1. The minimum atomic E-state index is -0.894. The topological polar surface area (TPSA) is 84.9 Å². The van der Waals surface area contributed by atoms with Gasteiger partial charge in [-0.1, -0.05) is 83.4 Å². The molecule has 0 bridgehead atoms. The molecular formula is C39H40BrFN2O5. The van der Waals surface area contributed by atoms with Gasteiger partial charge in [0.25, 0.3) is 0 Å². The number of halogens is 2. The number of carbonyl (C=O) groups excluding carboxylic acids is 3. The van der Waals surface area contributed by atoms with Crippen molar-refractivity contribution in [1.82, 2.24) is 4.90 Å². The van der Waals surface area contributed by atoms with Crippen LogP contribution in [-0.4, -0.2) is 41.9 Å². The highest BCUT2D eigenvalue weighted by Crippen LogP contribution is 2.39. The van der Waals surface area contributed by atoms with Crippen molar-refractivity contribution in [2.45, 2.75) is 58.0 Å². The first kappa shape index (κ1) is 34.8. The summed E-state index contributed by atoms with van der Waals surface area (Å²) in [6, 6.07) is 27.3. The molecule has 0 radical (unpaired) electrons. The second-order valence-electron chi connectivity index (χ2n) is 12.1. The standard InChI is InChI=1S/C39H40BrFN2O5/c1-3-4-22-47-36-24-29(40)14-19-33(36)37(42-31-17-10-26(2)11-18-31)34(20-21-35(44)28-12-15-30(41)16-13-28)38(45)43-32(25-48-39(43)46)23-27-8-6-5-7-9-27/h5-19,24,32,34,37,42H,3-4,20-23,25H2,1-2H3/t32-,34+,37+/m0/s1. The summed E-state index contributed by atoms with van der Waals surface area (Å²) in [5.74, 6) is -1.42. The Bertz CT molecular complexity index is 1700. The Hall–Kier alpha value is -4.50. The minimum Gasteiger partial charge on any atom is -0.493 e. The van der Waals surface area contributed by atoms with E-state index in [1.54, 1.807) is 0 Å². The number of ketones is 1. The Labute approximate surface area is 289 Å². The summed E-state index contributed by atoms with van der Waals surface area (Å²) in [4.78, 5) is 42.8. The van der Waals surface area contributed by atoms with Crippen LogP contribution in [0.1, 0.15) is 65.7 Å². The van der Waals surface area contributed by atoms with Crippen LogP contribution in [0.2, 0.25) is 0 Å². The highest BCUT2D eigenvalue weighted by molar-refractivity contribution is 9.10. The Morgan fingerprint density at radius 1 is 1.02 bits per heavy atom. The molecule has 2 amide bonds. The fraction of sp³-hybridized carbons (Fsp3) is 0.308. The van der Waals surface area contributed by atoms with Crippen molar-refractivity contribution in [2.24, 2.45) is 5.92 Å². The summed E-state index contributed by atoms with van der Waals surface area (Å²) in [5.41, 5.74) is 3.87. The summed E-state index contributed by atoms with van der Waals surface area (Å²) >= 11 is 3.57. The molecule has 1 fully saturated rings. The van der Waals surface area contributed by atoms with Gasteiger partial charge in [0.05, 0.1) is 24.6 Å². The van der Waals surface area contributed by atoms with Gasteiger partial charge in [0, 0.05) is 27.7 Å². The first-order valence-electron chi connectivity index (χ1n) is 16.3. The van der Waals surface area contributed by atoms with E-state index in [0.717, 1.165) is 39.7 Å². The zero-order valence-electron chi connectivity index (χ0n) is 27.2. The molecule has 7 nitrogen and oxygen atoms in total. The van der Waals surface area contributed by atoms with E-state index >= 15 is 0 Å². The zero-order chi connectivity index (χ0) is 34.0. The third-order valence-corrected chi connectivity index (χ3v) is 9.01. The Morgan fingerprint density at radius 2 is 1.75 bits per heavy atom. The van der Waals surface area contributed by atoms with Gasteiger partial charge in [-0.05, 0) is 80.3 Å². The van der Waals surface area contributed by atoms with Crippen molar-refractivity contribution in [3.8, 4) is 5.75 Å². The maximum Gasteiger partial charge on any atom is 0.416 e. The van der Waals surface area contributed by atoms with E-state index in [2.05, 4.69) is 28.2 Å². The predicted octanol–water partition coefficient (Wildman–Crippen LogP) is 9.10. The molecule has 1 N–H and O–H groups in total. The Balaban J connectivity index is 1.57. The minimum absolute atomic E-state index is 0.0110. The predicted molar refractivity (Wildman–Crippen MR) is 188 cm³/mol. The number of imide groups is 1. The number of Topliss-reactive ketones (excluding diaryl/α,β-unsaturated/α-hetero) is 1. The molecule has 0 unspecified atom stereocenters. The van der Waals surface area contributed by atoms with Gasteiger partial charge in [-0.2, -0.15) is 0 Å². The van der Waals surface area contributed by atoms with E-state index < -0.39 is 35.8 Å². The molecule has 0 saturated carbocycles. The summed E-state index contributed by atoms with van der Waals surface area (Å²) in [5, 5.41) is 3.57. The largest absolute Gasteiger partial charge is 0.493 e. The SMILES string of the molecule is CCCCOc1cc(Br)ccc1[C@@H](Nc1ccc(C)cc1)[C@@H](CCC(=O)c1ccc(F)cc1)C(=O)N1C(=O)OC[C@@H]1Cc1ccccc1. The van der Waals surface area contributed by atoms with Crippen molar-refractivity contribution < 1.29 is 28.2 Å². The number of benzene rings is 4. The van der Waals surface area contributed by atoms with Gasteiger partial charge in [-0.25, -0.2) is 14.1 Å². The average Bonchev–Trinajstić information content (AvgIpc) is 3.45. The van der Waals surface area contributed by atoms with Crippen molar-refractivity contribution in [2.75, 3.05) is 18.5 Å². The van der Waals surface area contributed by atoms with Crippen LogP contribution in [0.15, 0.2) is 102 Å². The lowest BCUT2D eigenvalue weighted by Gasteiger charge is -2.33. The zero-order valence-corrected chi connectivity index (χ0v) is 28.7. The van der Waals surface area contributed by atoms with Crippen LogP contribution in [0.25, 0.3) is 0 Å². The molecule has 0 aromatic heterocycles. The molecule has 48 heavy (non-hydrogen) atoms. The molecule has 1 aliphatic rings. The Kier molecular flexibility index (Phi) is 12.0. The van der Waals surface area contributed by atoms with Crippen LogP contribution in [0, 0.1) is 18.7 Å². The number of ether oxygens (including phenoxy) is 2. The summed E-state index contributed by atoms with van der Waals surface area (Å²) in [6.45, 7) is 4.63. The van der Waals surface area contributed by atoms with Gasteiger partial charge in [0.15, 0.2) is 5.78 Å². The highest BCUT2D eigenvalue weighted by Gasteiger charge is 2.44. The second kappa shape index (κ2) is 16.6. The quantitative estimate of drug-likeness (QED) is 0.0977. The maximum absolute atomic E-state index is 14.8. The van der Waals surface area contributed by atoms with Crippen LogP contribution >= 0.6 is 15.9 Å². The van der Waals surface area contributed by atoms with Crippen LogP contribution < -0.4 is 10.1 Å². The van der Waals surface area contributed by atoms with Gasteiger partial charge < -0.3 is 14.8 Å². The maximum atomic E-state index is 14.8. The van der Waals surface area contributed by atoms with Gasteiger partial charge in [0.1, 0.15) is 18.2 Å². The van der Waals surface area contributed by atoms with Crippen molar-refractivity contribution >= 4 is 39.4 Å². The fourth-order valence-corrected chi connectivity index (χ4v) is 6.23. The molecule has 0 spiro atoms. The molecule has 3 atom stereocenters. The number of amides is 2. The number of anilines is 1. The number of unbranched alkanes of at least 4 members (excludes halogenated alkanes) is 1. The van der Waals surface area contributed by atoms with E-state index in [0.29, 0.717) is 24.3 Å². The fourth-order valence-electron chi connectivity index (χ4n) is 5.89. The number of hydrogen-bond acceptors (Lipinski definition) is 6. The lowest BCUT2D eigenvalue weighted by atomic mass is 9.85. The molecule has 4 aromatic rings. The molecule has 1 heterocycles. The second-order valence-corrected chi connectivity index (χ2v) is 13.0. The number of nitrogens with zero attached hydrogens (tertiary/aromatic N) is 1. The monoisotopic (exact) mass is 714 g/mol. The van der Waals surface area contributed by atoms with Crippen molar-refractivity contribution in [3.05, 3.63) is 130 Å². The van der Waals surface area contributed by atoms with Gasteiger partial charge in [0.2, 0.25) is 5.91 Å². The van der Waals surface area contributed by atoms with E-state index in [1.807, 2.05) is 79.7 Å². The number of cyclic esters (lactones) is 1. The van der Waals surface area contributed by atoms with E-state index in [1.165, 1.54) is 29.2 Å². The van der Waals surface area contributed by atoms with Crippen LogP contribution in [0.4, 0.5) is 14.9 Å². The summed E-state index contributed by atoms with van der Waals surface area (Å²) < 4.78 is 26.2.